The summed E-state index contributed by atoms with van der Waals surface area (Å²) in [5, 5.41) is 19.9. The average Bonchev–Trinajstić information content (AvgIpc) is 2.94. The van der Waals surface area contributed by atoms with E-state index in [1.54, 1.807) is 0 Å². The molecule has 0 aromatic carbocycles. The molecule has 0 aliphatic heterocycles. The fourth-order valence-corrected chi connectivity index (χ4v) is 2.27. The minimum atomic E-state index is -1.14. The quantitative estimate of drug-likeness (QED) is 0.899. The molecule has 0 bridgehead atoms. The lowest BCUT2D eigenvalue weighted by molar-refractivity contribution is 0.0694. The second-order valence-electron chi connectivity index (χ2n) is 3.16. The molecule has 0 spiro atoms. The van der Waals surface area contributed by atoms with Crippen LogP contribution in [0.25, 0.3) is 10.6 Å². The van der Waals surface area contributed by atoms with Crippen molar-refractivity contribution in [1.29, 1.82) is 5.26 Å². The van der Waals surface area contributed by atoms with E-state index in [1.807, 2.05) is 23.6 Å². The third kappa shape index (κ3) is 1.77. The number of hydrogen-bond acceptors (Lipinski definition) is 4. The van der Waals surface area contributed by atoms with E-state index >= 15 is 0 Å². The van der Waals surface area contributed by atoms with Crippen molar-refractivity contribution >= 4 is 17.3 Å². The molecule has 2 aromatic heterocycles. The average molecular weight is 248 g/mol. The summed E-state index contributed by atoms with van der Waals surface area (Å²) in [5.41, 5.74) is 0.498. The van der Waals surface area contributed by atoms with Crippen LogP contribution in [0.3, 0.4) is 0 Å². The van der Waals surface area contributed by atoms with Crippen LogP contribution >= 0.6 is 11.3 Å². The van der Waals surface area contributed by atoms with Crippen molar-refractivity contribution in [3.05, 3.63) is 34.8 Å². The van der Waals surface area contributed by atoms with E-state index < -0.39 is 5.97 Å². The maximum Gasteiger partial charge on any atom is 0.338 e. The van der Waals surface area contributed by atoms with E-state index in [1.165, 1.54) is 29.2 Å². The molecule has 0 saturated heterocycles. The topological polar surface area (TPSA) is 75.2 Å². The summed E-state index contributed by atoms with van der Waals surface area (Å²) in [5.74, 6) is -1.14. The van der Waals surface area contributed by atoms with Crippen molar-refractivity contribution < 1.29 is 14.7 Å². The number of carboxylic acids is 1. The third-order valence-corrected chi connectivity index (χ3v) is 3.14. The molecular weight excluding hydrogens is 240 g/mol. The Morgan fingerprint density at radius 1 is 1.65 bits per heavy atom. The standard InChI is InChI=1S/C11H8N2O3S/c1-16-13-8(10-3-2-4-17-10)5-7(11(14)15)9(13)6-12/h2-5H,1H3,(H,14,15). The van der Waals surface area contributed by atoms with Crippen LogP contribution in [0.1, 0.15) is 16.1 Å². The van der Waals surface area contributed by atoms with Gasteiger partial charge < -0.3 is 9.94 Å². The SMILES string of the molecule is COn1c(-c2cccs2)cc(C(=O)O)c1C#N. The Bertz CT molecular complexity index is 593. The summed E-state index contributed by atoms with van der Waals surface area (Å²) in [7, 11) is 1.39. The molecule has 0 fully saturated rings. The monoisotopic (exact) mass is 248 g/mol. The Labute approximate surface area is 101 Å². The van der Waals surface area contributed by atoms with Gasteiger partial charge in [0.15, 0.2) is 5.69 Å². The van der Waals surface area contributed by atoms with Gasteiger partial charge in [0.05, 0.1) is 16.1 Å². The molecular formula is C11H8N2O3S. The predicted octanol–water partition coefficient (Wildman–Crippen LogP) is 1.84. The van der Waals surface area contributed by atoms with Crippen molar-refractivity contribution in [3.63, 3.8) is 0 Å². The highest BCUT2D eigenvalue weighted by molar-refractivity contribution is 7.13. The third-order valence-electron chi connectivity index (χ3n) is 2.25. The molecule has 5 nitrogen and oxygen atoms in total. The molecule has 2 aromatic rings. The van der Waals surface area contributed by atoms with Gasteiger partial charge in [0.1, 0.15) is 13.2 Å². The molecule has 6 heteroatoms. The highest BCUT2D eigenvalue weighted by atomic mass is 32.1. The Kier molecular flexibility index (Phi) is 2.85. The molecule has 0 aliphatic carbocycles. The van der Waals surface area contributed by atoms with Crippen LogP contribution in [0.4, 0.5) is 0 Å². The molecule has 0 amide bonds. The minimum Gasteiger partial charge on any atom is -0.478 e. The van der Waals surface area contributed by atoms with Crippen molar-refractivity contribution in [1.82, 2.24) is 4.73 Å². The molecule has 86 valence electrons. The highest BCUT2D eigenvalue weighted by Crippen LogP contribution is 2.28. The lowest BCUT2D eigenvalue weighted by Gasteiger charge is -2.05. The first kappa shape index (κ1) is 11.2. The van der Waals surface area contributed by atoms with Gasteiger partial charge in [-0.05, 0) is 17.5 Å². The van der Waals surface area contributed by atoms with Gasteiger partial charge in [-0.25, -0.2) is 4.79 Å². The van der Waals surface area contributed by atoms with Crippen molar-refractivity contribution in [2.45, 2.75) is 0 Å². The minimum absolute atomic E-state index is 0.0107. The Balaban J connectivity index is 2.70. The van der Waals surface area contributed by atoms with E-state index in [-0.39, 0.29) is 11.3 Å². The van der Waals surface area contributed by atoms with Crippen molar-refractivity contribution in [3.8, 4) is 16.6 Å². The number of aromatic carboxylic acids is 1. The first-order chi connectivity index (χ1) is 8.19. The molecule has 0 aliphatic rings. The maximum absolute atomic E-state index is 11.0. The Hall–Kier alpha value is -2.26. The number of thiophene rings is 1. The fraction of sp³-hybridized carbons (Fsp3) is 0.0909. The van der Waals surface area contributed by atoms with Crippen LogP contribution in [-0.2, 0) is 0 Å². The maximum atomic E-state index is 11.0. The van der Waals surface area contributed by atoms with E-state index in [2.05, 4.69) is 0 Å². The number of aromatic nitrogens is 1. The number of carboxylic acid groups (broad SMARTS) is 1. The number of rotatable bonds is 3. The van der Waals surface area contributed by atoms with Crippen molar-refractivity contribution in [2.24, 2.45) is 0 Å². The molecule has 2 heterocycles. The Morgan fingerprint density at radius 3 is 2.88 bits per heavy atom. The van der Waals surface area contributed by atoms with Crippen LogP contribution < -0.4 is 4.84 Å². The van der Waals surface area contributed by atoms with Gasteiger partial charge in [0.25, 0.3) is 0 Å². The summed E-state index contributed by atoms with van der Waals surface area (Å²) in [4.78, 5) is 16.9. The van der Waals surface area contributed by atoms with Gasteiger partial charge >= 0.3 is 5.97 Å². The van der Waals surface area contributed by atoms with Crippen LogP contribution in [0.2, 0.25) is 0 Å². The lowest BCUT2D eigenvalue weighted by atomic mass is 10.2. The smallest absolute Gasteiger partial charge is 0.338 e. The van der Waals surface area contributed by atoms with Gasteiger partial charge in [0, 0.05) is 0 Å². The van der Waals surface area contributed by atoms with Crippen LogP contribution in [0.15, 0.2) is 23.6 Å². The molecule has 2 rings (SSSR count). The number of nitrogens with zero attached hydrogens (tertiary/aromatic N) is 2. The molecule has 1 N–H and O–H groups in total. The number of carbonyl (C=O) groups is 1. The van der Waals surface area contributed by atoms with Crippen LogP contribution in [-0.4, -0.2) is 22.9 Å². The van der Waals surface area contributed by atoms with Gasteiger partial charge in [0.2, 0.25) is 0 Å². The zero-order valence-electron chi connectivity index (χ0n) is 8.88. The largest absolute Gasteiger partial charge is 0.478 e. The van der Waals surface area contributed by atoms with E-state index in [9.17, 15) is 4.79 Å². The molecule has 0 saturated carbocycles. The van der Waals surface area contributed by atoms with Gasteiger partial charge in [-0.3, -0.25) is 0 Å². The molecule has 0 radical (unpaired) electrons. The normalized spacial score (nSPS) is 9.88. The first-order valence-corrected chi connectivity index (χ1v) is 5.54. The molecule has 0 unspecified atom stereocenters. The molecule has 17 heavy (non-hydrogen) atoms. The summed E-state index contributed by atoms with van der Waals surface area (Å²) < 4.78 is 1.23. The summed E-state index contributed by atoms with van der Waals surface area (Å²) in [6.45, 7) is 0. The lowest BCUT2D eigenvalue weighted by Crippen LogP contribution is -2.10. The number of hydrogen-bond donors (Lipinski definition) is 1. The second kappa shape index (κ2) is 4.31. The zero-order chi connectivity index (χ0) is 12.4. The van der Waals surface area contributed by atoms with E-state index in [4.69, 9.17) is 15.2 Å². The van der Waals surface area contributed by atoms with Crippen molar-refractivity contribution in [2.75, 3.05) is 7.11 Å². The van der Waals surface area contributed by atoms with Crippen LogP contribution in [0.5, 0.6) is 0 Å². The summed E-state index contributed by atoms with van der Waals surface area (Å²) >= 11 is 1.45. The number of nitriles is 1. The van der Waals surface area contributed by atoms with Gasteiger partial charge in [-0.1, -0.05) is 6.07 Å². The summed E-state index contributed by atoms with van der Waals surface area (Å²) in [6, 6.07) is 6.96. The predicted molar refractivity (Wildman–Crippen MR) is 61.9 cm³/mol. The Morgan fingerprint density at radius 2 is 2.41 bits per heavy atom. The highest BCUT2D eigenvalue weighted by Gasteiger charge is 2.21. The molecule has 0 atom stereocenters. The fourth-order valence-electron chi connectivity index (χ4n) is 1.55. The van der Waals surface area contributed by atoms with Crippen LogP contribution in [0, 0.1) is 11.3 Å². The second-order valence-corrected chi connectivity index (χ2v) is 4.11. The van der Waals surface area contributed by atoms with Gasteiger partial charge in [-0.15, -0.1) is 11.3 Å². The van der Waals surface area contributed by atoms with E-state index in [0.29, 0.717) is 5.69 Å². The van der Waals surface area contributed by atoms with Gasteiger partial charge in [-0.2, -0.15) is 9.99 Å². The summed E-state index contributed by atoms with van der Waals surface area (Å²) in [6.07, 6.45) is 0. The zero-order valence-corrected chi connectivity index (χ0v) is 9.69. The van der Waals surface area contributed by atoms with E-state index in [0.717, 1.165) is 4.88 Å². The first-order valence-electron chi connectivity index (χ1n) is 4.66.